The number of rotatable bonds is 6. The Bertz CT molecular complexity index is 1010. The van der Waals surface area contributed by atoms with Crippen LogP contribution in [0.25, 0.3) is 9.69 Å². The number of aryl methyl sites for hydroxylation is 1. The molecular formula is C18H22N10S. The van der Waals surface area contributed by atoms with Crippen LogP contribution in [-0.2, 0) is 6.54 Å². The minimum atomic E-state index is -0.00276. The van der Waals surface area contributed by atoms with Crippen LogP contribution < -0.4 is 4.90 Å². The molecule has 0 amide bonds. The second kappa shape index (κ2) is 10.6. The molecule has 0 atom stereocenters. The molecule has 0 aliphatic carbocycles. The van der Waals surface area contributed by atoms with Crippen molar-refractivity contribution in [1.82, 2.24) is 25.1 Å². The van der Waals surface area contributed by atoms with Gasteiger partial charge in [-0.05, 0) is 37.6 Å². The number of nitrogens with one attached hydrogen (secondary N) is 2. The molecule has 0 saturated heterocycles. The molecule has 0 bridgehead atoms. The second-order valence-corrected chi connectivity index (χ2v) is 5.57. The van der Waals surface area contributed by atoms with Gasteiger partial charge in [0.1, 0.15) is 12.2 Å². The fraction of sp³-hybridized carbons (Fsp3) is 0.278. The summed E-state index contributed by atoms with van der Waals surface area (Å²) < 4.78 is 0. The highest BCUT2D eigenvalue weighted by atomic mass is 32.1. The van der Waals surface area contributed by atoms with E-state index in [1.54, 1.807) is 0 Å². The lowest BCUT2D eigenvalue weighted by molar-refractivity contribution is 0.784. The van der Waals surface area contributed by atoms with Gasteiger partial charge >= 0.3 is 5.95 Å². The first-order chi connectivity index (χ1) is 13.1. The van der Waals surface area contributed by atoms with Crippen molar-refractivity contribution >= 4 is 42.5 Å². The SMILES string of the molecule is C.S.[C-]#[N+]c1nc(N=Nc2ccc(N(CC)Cc3ncn[nH]3)cc2C)[nH]c1[N+]#[C-]. The number of hydrogen-bond acceptors (Lipinski definition) is 6. The Labute approximate surface area is 176 Å². The zero-order valence-electron chi connectivity index (χ0n) is 15.3. The van der Waals surface area contributed by atoms with Crippen LogP contribution >= 0.6 is 13.5 Å². The first-order valence-corrected chi connectivity index (χ1v) is 8.11. The molecule has 3 rings (SSSR count). The number of aromatic amines is 2. The summed E-state index contributed by atoms with van der Waals surface area (Å²) in [4.78, 5) is 19.3. The van der Waals surface area contributed by atoms with E-state index in [1.807, 2.05) is 25.1 Å². The third kappa shape index (κ3) is 5.40. The number of hydrogen-bond donors (Lipinski definition) is 2. The highest BCUT2D eigenvalue weighted by molar-refractivity contribution is 7.59. The number of azo groups is 1. The van der Waals surface area contributed by atoms with Crippen LogP contribution in [-0.4, -0.2) is 31.7 Å². The van der Waals surface area contributed by atoms with Gasteiger partial charge < -0.3 is 14.6 Å². The molecule has 1 aromatic carbocycles. The lowest BCUT2D eigenvalue weighted by atomic mass is 10.1. The monoisotopic (exact) mass is 410 g/mol. The van der Waals surface area contributed by atoms with Gasteiger partial charge in [-0.25, -0.2) is 4.98 Å². The summed E-state index contributed by atoms with van der Waals surface area (Å²) in [6.45, 7) is 19.5. The van der Waals surface area contributed by atoms with Crippen molar-refractivity contribution in [1.29, 1.82) is 0 Å². The molecule has 2 heterocycles. The van der Waals surface area contributed by atoms with Gasteiger partial charge in [0.05, 0.1) is 12.2 Å². The Hall–Kier alpha value is -3.70. The number of anilines is 1. The Kier molecular flexibility index (Phi) is 8.52. The molecule has 0 spiro atoms. The lowest BCUT2D eigenvalue weighted by Gasteiger charge is -2.22. The van der Waals surface area contributed by atoms with Crippen molar-refractivity contribution < 1.29 is 0 Å². The van der Waals surface area contributed by atoms with Crippen LogP contribution in [0.15, 0.2) is 34.8 Å². The van der Waals surface area contributed by atoms with E-state index >= 15 is 0 Å². The van der Waals surface area contributed by atoms with Crippen molar-refractivity contribution in [2.45, 2.75) is 27.8 Å². The van der Waals surface area contributed by atoms with Crippen molar-refractivity contribution in [2.75, 3.05) is 11.4 Å². The standard InChI is InChI=1S/C17H16N10.CH4.H2S/c1-5-27(9-14-20-10-21-25-14)12-6-7-13(11(2)8-12)24-26-17-22-15(18-3)16(19-4)23-17;;/h6-8,10H,5,9H2,1-2H3,(H,22,23)(H,20,21,25);1H4;1H2. The zero-order chi connectivity index (χ0) is 19.2. The second-order valence-electron chi connectivity index (χ2n) is 5.57. The van der Waals surface area contributed by atoms with Gasteiger partial charge in [0.2, 0.25) is 0 Å². The van der Waals surface area contributed by atoms with Crippen LogP contribution in [0.1, 0.15) is 25.7 Å². The smallest absolute Gasteiger partial charge is 0.373 e. The van der Waals surface area contributed by atoms with E-state index in [0.717, 1.165) is 23.6 Å². The maximum atomic E-state index is 7.01. The van der Waals surface area contributed by atoms with E-state index < -0.39 is 0 Å². The van der Waals surface area contributed by atoms with Crippen LogP contribution in [0.2, 0.25) is 0 Å². The summed E-state index contributed by atoms with van der Waals surface area (Å²) in [7, 11) is 0. The fourth-order valence-corrected chi connectivity index (χ4v) is 2.47. The van der Waals surface area contributed by atoms with Crippen LogP contribution in [0.3, 0.4) is 0 Å². The molecule has 0 saturated carbocycles. The van der Waals surface area contributed by atoms with Gasteiger partial charge in [0, 0.05) is 12.2 Å². The molecular weight excluding hydrogens is 388 g/mol. The van der Waals surface area contributed by atoms with Crippen LogP contribution in [0, 0.1) is 20.1 Å². The molecule has 3 aromatic rings. The average Bonchev–Trinajstić information content (AvgIpc) is 3.34. The Morgan fingerprint density at radius 2 is 2.00 bits per heavy atom. The third-order valence-electron chi connectivity index (χ3n) is 3.86. The molecule has 0 radical (unpaired) electrons. The Morgan fingerprint density at radius 1 is 1.21 bits per heavy atom. The van der Waals surface area contributed by atoms with E-state index in [1.165, 1.54) is 6.33 Å². The number of nitrogens with zero attached hydrogens (tertiary/aromatic N) is 8. The number of imidazole rings is 1. The summed E-state index contributed by atoms with van der Waals surface area (Å²) in [5.74, 6) is 0.993. The summed E-state index contributed by atoms with van der Waals surface area (Å²) >= 11 is 0. The topological polar surface area (TPSA) is 107 Å². The van der Waals surface area contributed by atoms with Crippen molar-refractivity contribution in [3.8, 4) is 0 Å². The van der Waals surface area contributed by atoms with Gasteiger partial charge in [-0.3, -0.25) is 10.1 Å². The molecule has 150 valence electrons. The van der Waals surface area contributed by atoms with E-state index in [2.05, 4.69) is 56.9 Å². The summed E-state index contributed by atoms with van der Waals surface area (Å²) in [5.41, 5.74) is 2.66. The molecule has 0 aliphatic heterocycles. The third-order valence-corrected chi connectivity index (χ3v) is 3.86. The number of H-pyrrole nitrogens is 2. The summed E-state index contributed by atoms with van der Waals surface area (Å²) in [6.07, 6.45) is 1.49. The van der Waals surface area contributed by atoms with Gasteiger partial charge in [-0.1, -0.05) is 30.7 Å². The highest BCUT2D eigenvalue weighted by Gasteiger charge is 2.13. The van der Waals surface area contributed by atoms with Crippen molar-refractivity contribution in [2.24, 2.45) is 10.2 Å². The zero-order valence-corrected chi connectivity index (χ0v) is 16.3. The Morgan fingerprint density at radius 3 is 2.55 bits per heavy atom. The molecule has 0 fully saturated rings. The maximum absolute atomic E-state index is 7.01. The summed E-state index contributed by atoms with van der Waals surface area (Å²) in [6, 6.07) is 5.84. The predicted molar refractivity (Wildman–Crippen MR) is 117 cm³/mol. The van der Waals surface area contributed by atoms with Crippen LogP contribution in [0.4, 0.5) is 29.0 Å². The maximum Gasteiger partial charge on any atom is 0.414 e. The van der Waals surface area contributed by atoms with Crippen molar-refractivity contribution in [3.63, 3.8) is 0 Å². The molecule has 11 heteroatoms. The minimum absolute atomic E-state index is 0. The summed E-state index contributed by atoms with van der Waals surface area (Å²) in [5, 5.41) is 14.9. The van der Waals surface area contributed by atoms with Gasteiger partial charge in [0.15, 0.2) is 0 Å². The molecule has 2 aromatic heterocycles. The fourth-order valence-electron chi connectivity index (χ4n) is 2.47. The molecule has 29 heavy (non-hydrogen) atoms. The first-order valence-electron chi connectivity index (χ1n) is 8.11. The normalized spacial score (nSPS) is 9.93. The quantitative estimate of drug-likeness (QED) is 0.434. The van der Waals surface area contributed by atoms with E-state index in [9.17, 15) is 0 Å². The van der Waals surface area contributed by atoms with E-state index in [0.29, 0.717) is 12.2 Å². The molecule has 10 nitrogen and oxygen atoms in total. The van der Waals surface area contributed by atoms with E-state index in [-0.39, 0.29) is 38.5 Å². The molecule has 2 N–H and O–H groups in total. The molecule has 0 unspecified atom stereocenters. The number of benzene rings is 1. The minimum Gasteiger partial charge on any atom is -0.373 e. The largest absolute Gasteiger partial charge is 0.414 e. The lowest BCUT2D eigenvalue weighted by Crippen LogP contribution is -2.22. The van der Waals surface area contributed by atoms with Gasteiger partial charge in [-0.15, -0.1) is 5.11 Å². The Balaban J connectivity index is 0.00000210. The van der Waals surface area contributed by atoms with Gasteiger partial charge in [0.25, 0.3) is 11.6 Å². The van der Waals surface area contributed by atoms with Crippen molar-refractivity contribution in [3.05, 3.63) is 58.7 Å². The molecule has 0 aliphatic rings. The predicted octanol–water partition coefficient (Wildman–Crippen LogP) is 5.13. The van der Waals surface area contributed by atoms with Gasteiger partial charge in [-0.2, -0.15) is 18.6 Å². The first kappa shape index (κ1) is 23.3. The number of aromatic nitrogens is 5. The highest BCUT2D eigenvalue weighted by Crippen LogP contribution is 2.30. The van der Waals surface area contributed by atoms with E-state index in [4.69, 9.17) is 13.1 Å². The van der Waals surface area contributed by atoms with Crippen LogP contribution in [0.5, 0.6) is 0 Å². The average molecular weight is 411 g/mol.